The lowest BCUT2D eigenvalue weighted by atomic mass is 10.1. The van der Waals surface area contributed by atoms with E-state index in [4.69, 9.17) is 4.98 Å². The van der Waals surface area contributed by atoms with E-state index in [1.807, 2.05) is 0 Å². The maximum absolute atomic E-state index is 4.80. The quantitative estimate of drug-likeness (QED) is 0.897. The first kappa shape index (κ1) is 14.8. The minimum atomic E-state index is 0.347. The zero-order valence-corrected chi connectivity index (χ0v) is 13.5. The summed E-state index contributed by atoms with van der Waals surface area (Å²) in [7, 11) is 4.34. The molecule has 1 fully saturated rings. The minimum absolute atomic E-state index is 0.347. The number of nitrogens with zero attached hydrogens (tertiary/aromatic N) is 3. The lowest BCUT2D eigenvalue weighted by Gasteiger charge is -2.22. The summed E-state index contributed by atoms with van der Waals surface area (Å²) in [6, 6.07) is 0.984. The highest BCUT2D eigenvalue weighted by Gasteiger charge is 2.32. The predicted molar refractivity (Wildman–Crippen MR) is 83.1 cm³/mol. The second-order valence-electron chi connectivity index (χ2n) is 5.75. The van der Waals surface area contributed by atoms with Gasteiger partial charge in [-0.1, -0.05) is 13.8 Å². The van der Waals surface area contributed by atoms with Crippen molar-refractivity contribution in [1.29, 1.82) is 0 Å². The molecule has 1 aromatic rings. The molecule has 4 nitrogen and oxygen atoms in total. The highest BCUT2D eigenvalue weighted by molar-refractivity contribution is 7.13. The predicted octanol–water partition coefficient (Wildman–Crippen LogP) is 2.20. The Morgan fingerprint density at radius 2 is 2.26 bits per heavy atom. The normalized spacial score (nSPS) is 25.3. The molecule has 5 heteroatoms. The fourth-order valence-corrected chi connectivity index (χ4v) is 3.75. The van der Waals surface area contributed by atoms with Crippen LogP contribution in [0.4, 0.5) is 5.13 Å². The first-order valence-electron chi connectivity index (χ1n) is 7.13. The maximum Gasteiger partial charge on any atom is 0.185 e. The molecule has 3 atom stereocenters. The molecule has 108 valence electrons. The molecule has 19 heavy (non-hydrogen) atoms. The van der Waals surface area contributed by atoms with Gasteiger partial charge < -0.3 is 15.1 Å². The van der Waals surface area contributed by atoms with Crippen molar-refractivity contribution in [3.8, 4) is 0 Å². The molecule has 0 radical (unpaired) electrons. The van der Waals surface area contributed by atoms with Crippen molar-refractivity contribution in [2.45, 2.75) is 32.9 Å². The number of anilines is 1. The lowest BCUT2D eigenvalue weighted by Crippen LogP contribution is -2.34. The lowest BCUT2D eigenvalue weighted by molar-refractivity contribution is 0.266. The molecular weight excluding hydrogens is 256 g/mol. The van der Waals surface area contributed by atoms with E-state index in [2.05, 4.69) is 55.4 Å². The molecule has 1 saturated heterocycles. The number of thiazole rings is 1. The molecule has 1 aromatic heterocycles. The van der Waals surface area contributed by atoms with Gasteiger partial charge in [-0.15, -0.1) is 11.3 Å². The number of hydrogen-bond acceptors (Lipinski definition) is 5. The SMILES string of the molecule is CCNC(C)c1csc(N2CC(C)C(N(C)C)C2)n1. The van der Waals surface area contributed by atoms with E-state index in [-0.39, 0.29) is 0 Å². The van der Waals surface area contributed by atoms with E-state index < -0.39 is 0 Å². The summed E-state index contributed by atoms with van der Waals surface area (Å²) in [4.78, 5) is 9.57. The topological polar surface area (TPSA) is 31.4 Å². The fourth-order valence-electron chi connectivity index (χ4n) is 2.81. The van der Waals surface area contributed by atoms with Crippen molar-refractivity contribution in [2.24, 2.45) is 5.92 Å². The molecule has 0 saturated carbocycles. The standard InChI is InChI=1S/C14H26N4S/c1-6-15-11(3)12-9-19-14(16-12)18-7-10(2)13(8-18)17(4)5/h9-11,13,15H,6-8H2,1-5H3. The van der Waals surface area contributed by atoms with Gasteiger partial charge in [0, 0.05) is 30.6 Å². The van der Waals surface area contributed by atoms with Crippen LogP contribution in [-0.2, 0) is 0 Å². The van der Waals surface area contributed by atoms with Crippen molar-refractivity contribution >= 4 is 16.5 Å². The summed E-state index contributed by atoms with van der Waals surface area (Å²) < 4.78 is 0. The van der Waals surface area contributed by atoms with Gasteiger partial charge >= 0.3 is 0 Å². The van der Waals surface area contributed by atoms with Gasteiger partial charge in [-0.3, -0.25) is 0 Å². The largest absolute Gasteiger partial charge is 0.346 e. The Hall–Kier alpha value is -0.650. The van der Waals surface area contributed by atoms with Crippen molar-refractivity contribution in [2.75, 3.05) is 38.6 Å². The van der Waals surface area contributed by atoms with Crippen LogP contribution in [0.3, 0.4) is 0 Å². The van der Waals surface area contributed by atoms with Crippen LogP contribution < -0.4 is 10.2 Å². The van der Waals surface area contributed by atoms with Crippen LogP contribution in [-0.4, -0.2) is 49.7 Å². The summed E-state index contributed by atoms with van der Waals surface area (Å²) in [5.41, 5.74) is 1.17. The van der Waals surface area contributed by atoms with Gasteiger partial charge in [0.15, 0.2) is 5.13 Å². The third kappa shape index (κ3) is 3.27. The molecule has 2 rings (SSSR count). The maximum atomic E-state index is 4.80. The Labute approximate surface area is 120 Å². The molecule has 0 amide bonds. The van der Waals surface area contributed by atoms with Gasteiger partial charge in [-0.25, -0.2) is 4.98 Å². The van der Waals surface area contributed by atoms with E-state index in [0.29, 0.717) is 18.0 Å². The fraction of sp³-hybridized carbons (Fsp3) is 0.786. The van der Waals surface area contributed by atoms with Crippen LogP contribution in [0.25, 0.3) is 0 Å². The van der Waals surface area contributed by atoms with Gasteiger partial charge in [0.2, 0.25) is 0 Å². The number of nitrogens with one attached hydrogen (secondary N) is 1. The molecule has 0 spiro atoms. The molecule has 0 bridgehead atoms. The number of aromatic nitrogens is 1. The molecule has 1 aliphatic heterocycles. The Bertz CT molecular complexity index is 404. The Morgan fingerprint density at radius 3 is 2.84 bits per heavy atom. The van der Waals surface area contributed by atoms with Crippen LogP contribution >= 0.6 is 11.3 Å². The molecule has 3 unspecified atom stereocenters. The third-order valence-electron chi connectivity index (χ3n) is 3.97. The van der Waals surface area contributed by atoms with E-state index in [1.54, 1.807) is 11.3 Å². The summed E-state index contributed by atoms with van der Waals surface area (Å²) in [6.45, 7) is 9.84. The zero-order valence-electron chi connectivity index (χ0n) is 12.7. The number of rotatable bonds is 5. The summed E-state index contributed by atoms with van der Waals surface area (Å²) in [5.74, 6) is 0.702. The summed E-state index contributed by atoms with van der Waals surface area (Å²) in [5, 5.41) is 6.79. The second kappa shape index (κ2) is 6.20. The monoisotopic (exact) mass is 282 g/mol. The Kier molecular flexibility index (Phi) is 4.81. The van der Waals surface area contributed by atoms with E-state index in [9.17, 15) is 0 Å². The second-order valence-corrected chi connectivity index (χ2v) is 6.58. The zero-order chi connectivity index (χ0) is 14.0. The summed E-state index contributed by atoms with van der Waals surface area (Å²) in [6.07, 6.45) is 0. The molecular formula is C14H26N4S. The van der Waals surface area contributed by atoms with Gasteiger partial charge in [-0.05, 0) is 33.5 Å². The Balaban J connectivity index is 2.04. The highest BCUT2D eigenvalue weighted by Crippen LogP contribution is 2.30. The average molecular weight is 282 g/mol. The minimum Gasteiger partial charge on any atom is -0.346 e. The first-order valence-corrected chi connectivity index (χ1v) is 8.01. The van der Waals surface area contributed by atoms with Crippen molar-refractivity contribution < 1.29 is 0 Å². The van der Waals surface area contributed by atoms with Crippen LogP contribution in [0.1, 0.15) is 32.5 Å². The van der Waals surface area contributed by atoms with Crippen LogP contribution in [0.5, 0.6) is 0 Å². The highest BCUT2D eigenvalue weighted by atomic mass is 32.1. The third-order valence-corrected chi connectivity index (χ3v) is 4.89. The average Bonchev–Trinajstić information content (AvgIpc) is 2.95. The van der Waals surface area contributed by atoms with E-state index >= 15 is 0 Å². The molecule has 2 heterocycles. The van der Waals surface area contributed by atoms with Crippen molar-refractivity contribution in [3.05, 3.63) is 11.1 Å². The van der Waals surface area contributed by atoms with Gasteiger partial charge in [-0.2, -0.15) is 0 Å². The summed E-state index contributed by atoms with van der Waals surface area (Å²) >= 11 is 1.77. The first-order chi connectivity index (χ1) is 9.02. The smallest absolute Gasteiger partial charge is 0.185 e. The van der Waals surface area contributed by atoms with Gasteiger partial charge in [0.05, 0.1) is 5.69 Å². The van der Waals surface area contributed by atoms with Crippen LogP contribution in [0, 0.1) is 5.92 Å². The van der Waals surface area contributed by atoms with Crippen molar-refractivity contribution in [3.63, 3.8) is 0 Å². The Morgan fingerprint density at radius 1 is 1.53 bits per heavy atom. The van der Waals surface area contributed by atoms with Crippen molar-refractivity contribution in [1.82, 2.24) is 15.2 Å². The van der Waals surface area contributed by atoms with E-state index in [1.165, 1.54) is 10.8 Å². The molecule has 0 aliphatic carbocycles. The van der Waals surface area contributed by atoms with Crippen LogP contribution in [0.2, 0.25) is 0 Å². The van der Waals surface area contributed by atoms with E-state index in [0.717, 1.165) is 19.6 Å². The molecule has 0 aromatic carbocycles. The number of hydrogen-bond donors (Lipinski definition) is 1. The molecule has 1 N–H and O–H groups in total. The van der Waals surface area contributed by atoms with Gasteiger partial charge in [0.25, 0.3) is 0 Å². The van der Waals surface area contributed by atoms with Gasteiger partial charge in [0.1, 0.15) is 0 Å². The molecule has 1 aliphatic rings. The van der Waals surface area contributed by atoms with Crippen LogP contribution in [0.15, 0.2) is 5.38 Å². The number of likely N-dealkylation sites (N-methyl/N-ethyl adjacent to an activating group) is 1.